The normalized spacial score (nSPS) is 25.7. The SMILES string of the molecule is CC(C)C(O)CCNC(=O)NC(C)C1CCCN(C2CCC2)C1. The van der Waals surface area contributed by atoms with Crippen LogP contribution in [0.25, 0.3) is 0 Å². The fraction of sp³-hybridized carbons (Fsp3) is 0.944. The lowest BCUT2D eigenvalue weighted by Gasteiger charge is -2.43. The first-order valence-corrected chi connectivity index (χ1v) is 9.44. The number of aliphatic hydroxyl groups is 1. The summed E-state index contributed by atoms with van der Waals surface area (Å²) in [4.78, 5) is 14.6. The molecule has 2 amide bonds. The Bertz CT molecular complexity index is 371. The second-order valence-corrected chi connectivity index (χ2v) is 7.77. The highest BCUT2D eigenvalue weighted by molar-refractivity contribution is 5.74. The number of nitrogens with zero attached hydrogens (tertiary/aromatic N) is 1. The molecule has 0 aromatic carbocycles. The first kappa shape index (κ1) is 18.5. The molecule has 1 aliphatic carbocycles. The molecule has 1 aliphatic heterocycles. The third kappa shape index (κ3) is 5.64. The highest BCUT2D eigenvalue weighted by atomic mass is 16.3. The molecule has 0 spiro atoms. The van der Waals surface area contributed by atoms with Gasteiger partial charge in [-0.1, -0.05) is 20.3 Å². The van der Waals surface area contributed by atoms with Gasteiger partial charge in [0.25, 0.3) is 0 Å². The number of rotatable bonds is 7. The minimum atomic E-state index is -0.345. The number of carbonyl (C=O) groups is 1. The highest BCUT2D eigenvalue weighted by Gasteiger charge is 2.31. The van der Waals surface area contributed by atoms with Gasteiger partial charge in [0.2, 0.25) is 0 Å². The molecule has 134 valence electrons. The van der Waals surface area contributed by atoms with Gasteiger partial charge in [-0.05, 0) is 57.4 Å². The number of piperidine rings is 1. The summed E-state index contributed by atoms with van der Waals surface area (Å²) in [7, 11) is 0. The van der Waals surface area contributed by atoms with E-state index in [1.807, 2.05) is 13.8 Å². The van der Waals surface area contributed by atoms with Crippen LogP contribution in [0.5, 0.6) is 0 Å². The Hall–Kier alpha value is -0.810. The van der Waals surface area contributed by atoms with Crippen LogP contribution in [0.15, 0.2) is 0 Å². The Labute approximate surface area is 141 Å². The van der Waals surface area contributed by atoms with Crippen LogP contribution in [-0.4, -0.2) is 53.9 Å². The minimum absolute atomic E-state index is 0.103. The van der Waals surface area contributed by atoms with Crippen molar-refractivity contribution in [2.75, 3.05) is 19.6 Å². The van der Waals surface area contributed by atoms with Crippen molar-refractivity contribution in [1.82, 2.24) is 15.5 Å². The van der Waals surface area contributed by atoms with Crippen molar-refractivity contribution in [3.8, 4) is 0 Å². The molecule has 5 nitrogen and oxygen atoms in total. The Morgan fingerprint density at radius 2 is 1.96 bits per heavy atom. The van der Waals surface area contributed by atoms with Crippen molar-refractivity contribution in [2.24, 2.45) is 11.8 Å². The molecule has 2 aliphatic rings. The fourth-order valence-electron chi connectivity index (χ4n) is 3.57. The van der Waals surface area contributed by atoms with Crippen molar-refractivity contribution in [3.63, 3.8) is 0 Å². The van der Waals surface area contributed by atoms with Gasteiger partial charge in [-0.2, -0.15) is 0 Å². The van der Waals surface area contributed by atoms with Gasteiger partial charge in [0, 0.05) is 25.2 Å². The number of amides is 2. The molecule has 23 heavy (non-hydrogen) atoms. The topological polar surface area (TPSA) is 64.6 Å². The zero-order valence-corrected chi connectivity index (χ0v) is 15.1. The van der Waals surface area contributed by atoms with Crippen molar-refractivity contribution < 1.29 is 9.90 Å². The van der Waals surface area contributed by atoms with Gasteiger partial charge in [0.15, 0.2) is 0 Å². The van der Waals surface area contributed by atoms with Gasteiger partial charge in [-0.3, -0.25) is 0 Å². The predicted octanol–water partition coefficient (Wildman–Crippen LogP) is 2.35. The lowest BCUT2D eigenvalue weighted by molar-refractivity contribution is 0.0678. The third-order valence-corrected chi connectivity index (χ3v) is 5.64. The molecule has 3 unspecified atom stereocenters. The van der Waals surface area contributed by atoms with Crippen LogP contribution in [0.3, 0.4) is 0 Å². The van der Waals surface area contributed by atoms with E-state index in [2.05, 4.69) is 22.5 Å². The summed E-state index contributed by atoms with van der Waals surface area (Å²) in [5, 5.41) is 15.7. The van der Waals surface area contributed by atoms with Crippen molar-refractivity contribution >= 4 is 6.03 Å². The molecule has 0 radical (unpaired) electrons. The van der Waals surface area contributed by atoms with Crippen molar-refractivity contribution in [3.05, 3.63) is 0 Å². The Morgan fingerprint density at radius 1 is 1.22 bits per heavy atom. The van der Waals surface area contributed by atoms with E-state index in [1.165, 1.54) is 38.6 Å². The molecule has 2 fully saturated rings. The molecule has 1 heterocycles. The zero-order valence-electron chi connectivity index (χ0n) is 15.1. The molecule has 1 saturated heterocycles. The number of carbonyl (C=O) groups excluding carboxylic acids is 1. The number of hydrogen-bond donors (Lipinski definition) is 3. The summed E-state index contributed by atoms with van der Waals surface area (Å²) >= 11 is 0. The molecule has 2 rings (SSSR count). The second kappa shape index (κ2) is 8.88. The van der Waals surface area contributed by atoms with Crippen LogP contribution in [0, 0.1) is 11.8 Å². The molecule has 3 atom stereocenters. The summed E-state index contributed by atoms with van der Waals surface area (Å²) in [6.07, 6.45) is 6.80. The van der Waals surface area contributed by atoms with E-state index in [-0.39, 0.29) is 24.1 Å². The van der Waals surface area contributed by atoms with Gasteiger partial charge in [-0.15, -0.1) is 0 Å². The van der Waals surface area contributed by atoms with Crippen LogP contribution in [0.4, 0.5) is 4.79 Å². The van der Waals surface area contributed by atoms with Crippen LogP contribution < -0.4 is 10.6 Å². The van der Waals surface area contributed by atoms with E-state index in [9.17, 15) is 9.90 Å². The van der Waals surface area contributed by atoms with E-state index in [1.54, 1.807) is 0 Å². The summed E-state index contributed by atoms with van der Waals surface area (Å²) in [6.45, 7) is 8.98. The van der Waals surface area contributed by atoms with Crippen LogP contribution in [0.1, 0.15) is 59.3 Å². The highest BCUT2D eigenvalue weighted by Crippen LogP contribution is 2.30. The monoisotopic (exact) mass is 325 g/mol. The maximum Gasteiger partial charge on any atom is 0.315 e. The maximum atomic E-state index is 12.0. The largest absolute Gasteiger partial charge is 0.393 e. The van der Waals surface area contributed by atoms with Crippen molar-refractivity contribution in [2.45, 2.75) is 77.5 Å². The standard InChI is InChI=1S/C18H35N3O2/c1-13(2)17(22)9-10-19-18(23)20-14(3)15-6-5-11-21(12-15)16-7-4-8-16/h13-17,22H,4-12H2,1-3H3,(H2,19,20,23). The minimum Gasteiger partial charge on any atom is -0.393 e. The van der Waals surface area contributed by atoms with Crippen LogP contribution >= 0.6 is 0 Å². The molecule has 3 N–H and O–H groups in total. The van der Waals surface area contributed by atoms with Crippen LogP contribution in [-0.2, 0) is 0 Å². The van der Waals surface area contributed by atoms with E-state index >= 15 is 0 Å². The number of aliphatic hydroxyl groups excluding tert-OH is 1. The molecular weight excluding hydrogens is 290 g/mol. The molecular formula is C18H35N3O2. The lowest BCUT2D eigenvalue weighted by Crippen LogP contribution is -2.52. The quantitative estimate of drug-likeness (QED) is 0.673. The average Bonchev–Trinajstić information content (AvgIpc) is 2.45. The summed E-state index contributed by atoms with van der Waals surface area (Å²) in [5.41, 5.74) is 0. The number of likely N-dealkylation sites (tertiary alicyclic amines) is 1. The van der Waals surface area contributed by atoms with E-state index in [4.69, 9.17) is 0 Å². The first-order chi connectivity index (χ1) is 11.0. The fourth-order valence-corrected chi connectivity index (χ4v) is 3.57. The molecule has 0 bridgehead atoms. The Morgan fingerprint density at radius 3 is 2.57 bits per heavy atom. The summed E-state index contributed by atoms with van der Waals surface area (Å²) in [5.74, 6) is 0.787. The molecule has 5 heteroatoms. The zero-order chi connectivity index (χ0) is 16.8. The van der Waals surface area contributed by atoms with Gasteiger partial charge in [0.1, 0.15) is 0 Å². The van der Waals surface area contributed by atoms with Crippen molar-refractivity contribution in [1.29, 1.82) is 0 Å². The number of nitrogens with one attached hydrogen (secondary N) is 2. The van der Waals surface area contributed by atoms with Gasteiger partial charge < -0.3 is 20.6 Å². The summed E-state index contributed by atoms with van der Waals surface area (Å²) < 4.78 is 0. The Kier molecular flexibility index (Phi) is 7.15. The predicted molar refractivity (Wildman–Crippen MR) is 93.4 cm³/mol. The smallest absolute Gasteiger partial charge is 0.315 e. The van der Waals surface area contributed by atoms with Crippen LogP contribution in [0.2, 0.25) is 0 Å². The summed E-state index contributed by atoms with van der Waals surface area (Å²) in [6, 6.07) is 0.901. The van der Waals surface area contributed by atoms with Gasteiger partial charge in [0.05, 0.1) is 6.10 Å². The number of hydrogen-bond acceptors (Lipinski definition) is 3. The maximum absolute atomic E-state index is 12.0. The van der Waals surface area contributed by atoms with E-state index < -0.39 is 0 Å². The average molecular weight is 325 g/mol. The van der Waals surface area contributed by atoms with Gasteiger partial charge >= 0.3 is 6.03 Å². The molecule has 1 saturated carbocycles. The second-order valence-electron chi connectivity index (χ2n) is 7.77. The van der Waals surface area contributed by atoms with Gasteiger partial charge in [-0.25, -0.2) is 4.79 Å². The molecule has 0 aromatic heterocycles. The van der Waals surface area contributed by atoms with E-state index in [0.29, 0.717) is 18.9 Å². The van der Waals surface area contributed by atoms with E-state index in [0.717, 1.165) is 12.6 Å². The molecule has 0 aromatic rings. The number of urea groups is 1. The lowest BCUT2D eigenvalue weighted by atomic mass is 9.86. The first-order valence-electron chi connectivity index (χ1n) is 9.44. The third-order valence-electron chi connectivity index (χ3n) is 5.64. The Balaban J connectivity index is 1.66.